The number of aliphatic imine (C=N–C) groups is 1. The van der Waals surface area contributed by atoms with Gasteiger partial charge in [0.25, 0.3) is 0 Å². The Hall–Kier alpha value is -2.73. The molecule has 2 aliphatic rings. The molecule has 2 unspecified atom stereocenters. The second kappa shape index (κ2) is 10.7. The van der Waals surface area contributed by atoms with Gasteiger partial charge in [0.15, 0.2) is 5.96 Å². The summed E-state index contributed by atoms with van der Waals surface area (Å²) in [5.74, 6) is 2.34. The van der Waals surface area contributed by atoms with Gasteiger partial charge in [-0.2, -0.15) is 0 Å². The minimum Gasteiger partial charge on any atom is -0.497 e. The molecule has 2 fully saturated rings. The predicted octanol–water partition coefficient (Wildman–Crippen LogP) is 3.87. The second-order valence-electron chi connectivity index (χ2n) is 8.70. The van der Waals surface area contributed by atoms with Crippen LogP contribution in [0.4, 0.5) is 5.69 Å². The lowest BCUT2D eigenvalue weighted by Gasteiger charge is -2.38. The molecule has 2 aromatic rings. The van der Waals surface area contributed by atoms with Crippen molar-refractivity contribution >= 4 is 11.6 Å². The van der Waals surface area contributed by atoms with Crippen molar-refractivity contribution in [3.8, 4) is 5.75 Å². The number of aryl methyl sites for hydroxylation is 1. The quantitative estimate of drug-likeness (QED) is 0.570. The molecule has 2 aliphatic heterocycles. The topological polar surface area (TPSA) is 49.3 Å². The summed E-state index contributed by atoms with van der Waals surface area (Å²) in [4.78, 5) is 9.37. The van der Waals surface area contributed by atoms with E-state index in [0.29, 0.717) is 5.92 Å². The number of nitrogens with zero attached hydrogens (tertiary/aromatic N) is 3. The molecule has 0 aromatic heterocycles. The van der Waals surface area contributed by atoms with Gasteiger partial charge in [-0.15, -0.1) is 0 Å². The first-order chi connectivity index (χ1) is 15.7. The van der Waals surface area contributed by atoms with Gasteiger partial charge >= 0.3 is 0 Å². The Morgan fingerprint density at radius 1 is 1.06 bits per heavy atom. The largest absolute Gasteiger partial charge is 0.497 e. The zero-order valence-electron chi connectivity index (χ0n) is 19.6. The Kier molecular flexibility index (Phi) is 7.53. The van der Waals surface area contributed by atoms with Gasteiger partial charge in [-0.25, -0.2) is 0 Å². The third-order valence-corrected chi connectivity index (χ3v) is 6.60. The summed E-state index contributed by atoms with van der Waals surface area (Å²) in [6.45, 7) is 7.71. The predicted molar refractivity (Wildman–Crippen MR) is 131 cm³/mol. The number of piperazine rings is 1. The lowest BCUT2D eigenvalue weighted by Crippen LogP contribution is -2.53. The minimum atomic E-state index is 0.155. The number of rotatable bonds is 5. The fourth-order valence-electron chi connectivity index (χ4n) is 4.70. The summed E-state index contributed by atoms with van der Waals surface area (Å²) in [5, 5.41) is 3.65. The number of ether oxygens (including phenoxy) is 2. The zero-order valence-corrected chi connectivity index (χ0v) is 19.6. The number of benzene rings is 2. The van der Waals surface area contributed by atoms with E-state index in [0.717, 1.165) is 57.5 Å². The maximum Gasteiger partial charge on any atom is 0.193 e. The Balaban J connectivity index is 1.32. The molecule has 0 radical (unpaired) electrons. The SMILES string of the molecule is CN=C(NCC1CCCOC1c1ccc(C)cc1)N1CCN(c2ccc(OC)cc2)CC1. The highest BCUT2D eigenvalue weighted by Crippen LogP contribution is 2.33. The van der Waals surface area contributed by atoms with Crippen LogP contribution in [-0.2, 0) is 4.74 Å². The van der Waals surface area contributed by atoms with Crippen LogP contribution in [0.15, 0.2) is 53.5 Å². The monoisotopic (exact) mass is 436 g/mol. The number of guanidine groups is 1. The molecule has 0 amide bonds. The zero-order chi connectivity index (χ0) is 22.3. The molecule has 0 saturated carbocycles. The molecule has 0 bridgehead atoms. The molecule has 4 rings (SSSR count). The average molecular weight is 437 g/mol. The maximum absolute atomic E-state index is 6.20. The van der Waals surface area contributed by atoms with E-state index in [1.807, 2.05) is 19.2 Å². The summed E-state index contributed by atoms with van der Waals surface area (Å²) in [7, 11) is 3.59. The van der Waals surface area contributed by atoms with Crippen molar-refractivity contribution in [2.24, 2.45) is 10.9 Å². The molecule has 2 atom stereocenters. The molecule has 6 nitrogen and oxygen atoms in total. The first-order valence-electron chi connectivity index (χ1n) is 11.7. The van der Waals surface area contributed by atoms with Gasteiger partial charge in [0.05, 0.1) is 13.2 Å². The van der Waals surface area contributed by atoms with Crippen molar-refractivity contribution in [3.05, 3.63) is 59.7 Å². The van der Waals surface area contributed by atoms with Crippen LogP contribution in [0.25, 0.3) is 0 Å². The minimum absolute atomic E-state index is 0.155. The summed E-state index contributed by atoms with van der Waals surface area (Å²) < 4.78 is 11.5. The van der Waals surface area contributed by atoms with Gasteiger partial charge in [0.2, 0.25) is 0 Å². The van der Waals surface area contributed by atoms with Crippen LogP contribution < -0.4 is 15.0 Å². The average Bonchev–Trinajstić information content (AvgIpc) is 2.86. The second-order valence-corrected chi connectivity index (χ2v) is 8.70. The van der Waals surface area contributed by atoms with Gasteiger partial charge < -0.3 is 24.6 Å². The molecule has 0 aliphatic carbocycles. The van der Waals surface area contributed by atoms with Crippen molar-refractivity contribution in [1.29, 1.82) is 0 Å². The molecule has 2 aromatic carbocycles. The highest BCUT2D eigenvalue weighted by atomic mass is 16.5. The summed E-state index contributed by atoms with van der Waals surface area (Å²) in [6.07, 6.45) is 2.45. The van der Waals surface area contributed by atoms with Gasteiger partial charge in [-0.3, -0.25) is 4.99 Å². The highest BCUT2D eigenvalue weighted by molar-refractivity contribution is 5.80. The van der Waals surface area contributed by atoms with Crippen molar-refractivity contribution in [3.63, 3.8) is 0 Å². The number of anilines is 1. The first kappa shape index (κ1) is 22.5. The summed E-state index contributed by atoms with van der Waals surface area (Å²) in [6, 6.07) is 17.1. The van der Waals surface area contributed by atoms with Crippen molar-refractivity contribution in [1.82, 2.24) is 10.2 Å². The van der Waals surface area contributed by atoms with E-state index in [-0.39, 0.29) is 6.10 Å². The Morgan fingerprint density at radius 3 is 2.44 bits per heavy atom. The number of hydrogen-bond donors (Lipinski definition) is 1. The number of nitrogens with one attached hydrogen (secondary N) is 1. The Bertz CT molecular complexity index is 874. The van der Waals surface area contributed by atoms with Crippen LogP contribution in [0.2, 0.25) is 0 Å². The summed E-state index contributed by atoms with van der Waals surface area (Å²) in [5.41, 5.74) is 3.81. The van der Waals surface area contributed by atoms with E-state index >= 15 is 0 Å². The number of methoxy groups -OCH3 is 1. The molecule has 0 spiro atoms. The molecule has 172 valence electrons. The van der Waals surface area contributed by atoms with E-state index in [1.165, 1.54) is 23.2 Å². The van der Waals surface area contributed by atoms with Gasteiger partial charge in [-0.1, -0.05) is 29.8 Å². The third-order valence-electron chi connectivity index (χ3n) is 6.60. The van der Waals surface area contributed by atoms with Gasteiger partial charge in [-0.05, 0) is 49.6 Å². The van der Waals surface area contributed by atoms with Crippen molar-refractivity contribution in [2.75, 3.05) is 58.4 Å². The van der Waals surface area contributed by atoms with Crippen LogP contribution in [0.1, 0.15) is 30.1 Å². The molecule has 2 heterocycles. The molecular formula is C26H36N4O2. The van der Waals surface area contributed by atoms with Crippen molar-refractivity contribution < 1.29 is 9.47 Å². The van der Waals surface area contributed by atoms with Crippen LogP contribution in [0, 0.1) is 12.8 Å². The third kappa shape index (κ3) is 5.36. The molecule has 6 heteroatoms. The van der Waals surface area contributed by atoms with Crippen molar-refractivity contribution in [2.45, 2.75) is 25.9 Å². The highest BCUT2D eigenvalue weighted by Gasteiger charge is 2.28. The molecule has 1 N–H and O–H groups in total. The van der Waals surface area contributed by atoms with E-state index in [4.69, 9.17) is 9.47 Å². The van der Waals surface area contributed by atoms with Gasteiger partial charge in [0, 0.05) is 58.0 Å². The molecular weight excluding hydrogens is 400 g/mol. The molecule has 32 heavy (non-hydrogen) atoms. The standard InChI is InChI=1S/C26H36N4O2/c1-20-6-8-21(9-7-20)25-22(5-4-18-32-25)19-28-26(27-2)30-16-14-29(15-17-30)23-10-12-24(31-3)13-11-23/h6-13,22,25H,4-5,14-19H2,1-3H3,(H,27,28). The Morgan fingerprint density at radius 2 is 1.78 bits per heavy atom. The summed E-state index contributed by atoms with van der Waals surface area (Å²) >= 11 is 0. The fraction of sp³-hybridized carbons (Fsp3) is 0.500. The van der Waals surface area contributed by atoms with E-state index in [2.05, 4.69) is 63.4 Å². The van der Waals surface area contributed by atoms with E-state index < -0.39 is 0 Å². The van der Waals surface area contributed by atoms with Gasteiger partial charge in [0.1, 0.15) is 5.75 Å². The van der Waals surface area contributed by atoms with E-state index in [9.17, 15) is 0 Å². The lowest BCUT2D eigenvalue weighted by molar-refractivity contribution is -0.0266. The smallest absolute Gasteiger partial charge is 0.193 e. The fourth-order valence-corrected chi connectivity index (χ4v) is 4.70. The maximum atomic E-state index is 6.20. The van der Waals surface area contributed by atoms with Crippen LogP contribution in [0.5, 0.6) is 5.75 Å². The normalized spacial score (nSPS) is 22.0. The van der Waals surface area contributed by atoms with Crippen LogP contribution >= 0.6 is 0 Å². The first-order valence-corrected chi connectivity index (χ1v) is 11.7. The molecule has 2 saturated heterocycles. The lowest BCUT2D eigenvalue weighted by atomic mass is 9.89. The Labute approximate surface area is 192 Å². The number of hydrogen-bond acceptors (Lipinski definition) is 4. The van der Waals surface area contributed by atoms with E-state index in [1.54, 1.807) is 7.11 Å². The van der Waals surface area contributed by atoms with Crippen LogP contribution in [0.3, 0.4) is 0 Å². The van der Waals surface area contributed by atoms with Crippen LogP contribution in [-0.4, -0.2) is 64.3 Å².